The second-order valence-corrected chi connectivity index (χ2v) is 6.44. The van der Waals surface area contributed by atoms with Gasteiger partial charge in [-0.15, -0.1) is 0 Å². The van der Waals surface area contributed by atoms with E-state index in [1.165, 1.54) is 0 Å². The van der Waals surface area contributed by atoms with Crippen LogP contribution in [0.1, 0.15) is 30.7 Å². The molecule has 5 nitrogen and oxygen atoms in total. The molecule has 0 aliphatic carbocycles. The number of likely N-dealkylation sites (tertiary alicyclic amines) is 1. The molecule has 126 valence electrons. The fraction of sp³-hybridized carbons (Fsp3) is 0.421. The number of benzene rings is 1. The molecular formula is C19H24N4O. The van der Waals surface area contributed by atoms with E-state index in [1.807, 2.05) is 48.2 Å². The van der Waals surface area contributed by atoms with E-state index < -0.39 is 0 Å². The van der Waals surface area contributed by atoms with Crippen LogP contribution in [0.3, 0.4) is 0 Å². The van der Waals surface area contributed by atoms with Crippen molar-refractivity contribution in [3.8, 4) is 0 Å². The Hall–Kier alpha value is -2.27. The highest BCUT2D eigenvalue weighted by Gasteiger charge is 2.31. The maximum atomic E-state index is 12.8. The topological polar surface area (TPSA) is 49.3 Å². The van der Waals surface area contributed by atoms with Gasteiger partial charge in [0, 0.05) is 31.5 Å². The predicted octanol–water partition coefficient (Wildman–Crippen LogP) is 2.31. The Labute approximate surface area is 143 Å². The highest BCUT2D eigenvalue weighted by molar-refractivity contribution is 5.83. The van der Waals surface area contributed by atoms with Gasteiger partial charge in [-0.2, -0.15) is 0 Å². The van der Waals surface area contributed by atoms with E-state index in [0.29, 0.717) is 12.6 Å². The first-order valence-electron chi connectivity index (χ1n) is 8.45. The lowest BCUT2D eigenvalue weighted by atomic mass is 10.00. The van der Waals surface area contributed by atoms with Crippen molar-refractivity contribution in [2.75, 3.05) is 20.1 Å². The molecule has 3 rings (SSSR count). The minimum Gasteiger partial charge on any atom is -0.341 e. The third-order valence-corrected chi connectivity index (χ3v) is 4.78. The number of hydrogen-bond acceptors (Lipinski definition) is 4. The summed E-state index contributed by atoms with van der Waals surface area (Å²) in [6.45, 7) is 4.30. The van der Waals surface area contributed by atoms with Gasteiger partial charge in [0.2, 0.25) is 5.91 Å². The van der Waals surface area contributed by atoms with Crippen LogP contribution >= 0.6 is 0 Å². The van der Waals surface area contributed by atoms with Crippen LogP contribution in [0.2, 0.25) is 0 Å². The van der Waals surface area contributed by atoms with Crippen molar-refractivity contribution in [1.82, 2.24) is 19.8 Å². The van der Waals surface area contributed by atoms with Crippen LogP contribution in [0.4, 0.5) is 0 Å². The molecule has 0 bridgehead atoms. The third-order valence-electron chi connectivity index (χ3n) is 4.78. The average Bonchev–Trinajstić information content (AvgIpc) is 3.12. The fourth-order valence-corrected chi connectivity index (χ4v) is 3.22. The molecule has 0 unspecified atom stereocenters. The lowest BCUT2D eigenvalue weighted by molar-refractivity contribution is -0.131. The molecule has 0 N–H and O–H groups in total. The lowest BCUT2D eigenvalue weighted by Gasteiger charge is -2.25. The highest BCUT2D eigenvalue weighted by atomic mass is 16.2. The van der Waals surface area contributed by atoms with Crippen molar-refractivity contribution in [3.05, 3.63) is 60.2 Å². The second kappa shape index (κ2) is 7.53. The zero-order valence-electron chi connectivity index (χ0n) is 14.3. The molecule has 1 aliphatic rings. The van der Waals surface area contributed by atoms with Gasteiger partial charge < -0.3 is 4.90 Å². The second-order valence-electron chi connectivity index (χ2n) is 6.44. The Morgan fingerprint density at radius 1 is 1.25 bits per heavy atom. The van der Waals surface area contributed by atoms with Crippen LogP contribution in [0.5, 0.6) is 0 Å². The Balaban J connectivity index is 1.57. The zero-order chi connectivity index (χ0) is 16.9. The Morgan fingerprint density at radius 2 is 1.96 bits per heavy atom. The van der Waals surface area contributed by atoms with Crippen LogP contribution < -0.4 is 0 Å². The third kappa shape index (κ3) is 3.79. The number of rotatable bonds is 5. The van der Waals surface area contributed by atoms with Crippen LogP contribution in [-0.2, 0) is 11.3 Å². The smallest absolute Gasteiger partial charge is 0.229 e. The number of carbonyl (C=O) groups is 1. The first-order chi connectivity index (χ1) is 11.6. The largest absolute Gasteiger partial charge is 0.341 e. The summed E-state index contributed by atoms with van der Waals surface area (Å²) in [6, 6.07) is 12.2. The number of nitrogens with zero attached hydrogens (tertiary/aromatic N) is 4. The maximum Gasteiger partial charge on any atom is 0.229 e. The molecule has 0 spiro atoms. The molecule has 2 heterocycles. The van der Waals surface area contributed by atoms with Gasteiger partial charge in [-0.1, -0.05) is 30.3 Å². The van der Waals surface area contributed by atoms with Crippen LogP contribution in [-0.4, -0.2) is 51.9 Å². The summed E-state index contributed by atoms with van der Waals surface area (Å²) in [6.07, 6.45) is 4.53. The summed E-state index contributed by atoms with van der Waals surface area (Å²) < 4.78 is 0. The molecule has 1 amide bonds. The fourth-order valence-electron chi connectivity index (χ4n) is 3.22. The molecule has 1 aliphatic heterocycles. The van der Waals surface area contributed by atoms with E-state index in [-0.39, 0.29) is 11.8 Å². The summed E-state index contributed by atoms with van der Waals surface area (Å²) in [5, 5.41) is 0. The predicted molar refractivity (Wildman–Crippen MR) is 93.3 cm³/mol. The number of aromatic nitrogens is 2. The highest BCUT2D eigenvalue weighted by Crippen LogP contribution is 2.22. The number of amides is 1. The molecule has 24 heavy (non-hydrogen) atoms. The van der Waals surface area contributed by atoms with E-state index in [0.717, 1.165) is 30.9 Å². The van der Waals surface area contributed by atoms with Crippen LogP contribution in [0, 0.1) is 0 Å². The van der Waals surface area contributed by atoms with Gasteiger partial charge >= 0.3 is 0 Å². The molecule has 0 radical (unpaired) electrons. The SMILES string of the molecule is C[C@H](C(=O)N1CC[C@H](N(C)Cc2ncccn2)C1)c1ccccc1. The number of likely N-dealkylation sites (N-methyl/N-ethyl adjacent to an activating group) is 1. The van der Waals surface area contributed by atoms with Gasteiger partial charge in [0.15, 0.2) is 0 Å². The summed E-state index contributed by atoms with van der Waals surface area (Å²) in [5.41, 5.74) is 1.08. The summed E-state index contributed by atoms with van der Waals surface area (Å²) in [7, 11) is 2.08. The van der Waals surface area contributed by atoms with Gasteiger partial charge in [0.05, 0.1) is 12.5 Å². The molecule has 2 aromatic rings. The quantitative estimate of drug-likeness (QED) is 0.847. The molecule has 1 saturated heterocycles. The van der Waals surface area contributed by atoms with E-state index in [4.69, 9.17) is 0 Å². The van der Waals surface area contributed by atoms with Gasteiger partial charge in [0.1, 0.15) is 5.82 Å². The Morgan fingerprint density at radius 3 is 2.67 bits per heavy atom. The van der Waals surface area contributed by atoms with Gasteiger partial charge in [-0.25, -0.2) is 9.97 Å². The summed E-state index contributed by atoms with van der Waals surface area (Å²) >= 11 is 0. The molecular weight excluding hydrogens is 300 g/mol. The lowest BCUT2D eigenvalue weighted by Crippen LogP contribution is -2.37. The van der Waals surface area contributed by atoms with Crippen molar-refractivity contribution in [2.24, 2.45) is 0 Å². The van der Waals surface area contributed by atoms with Crippen molar-refractivity contribution >= 4 is 5.91 Å². The first kappa shape index (κ1) is 16.6. The molecule has 5 heteroatoms. The maximum absolute atomic E-state index is 12.8. The normalized spacial score (nSPS) is 18.8. The molecule has 0 saturated carbocycles. The van der Waals surface area contributed by atoms with Gasteiger partial charge in [0.25, 0.3) is 0 Å². The Bertz CT molecular complexity index is 662. The van der Waals surface area contributed by atoms with Crippen LogP contribution in [0.15, 0.2) is 48.8 Å². The van der Waals surface area contributed by atoms with Crippen LogP contribution in [0.25, 0.3) is 0 Å². The van der Waals surface area contributed by atoms with E-state index in [1.54, 1.807) is 12.4 Å². The molecule has 2 atom stereocenters. The first-order valence-corrected chi connectivity index (χ1v) is 8.45. The monoisotopic (exact) mass is 324 g/mol. The average molecular weight is 324 g/mol. The van der Waals surface area contributed by atoms with Gasteiger partial charge in [-0.05, 0) is 32.0 Å². The van der Waals surface area contributed by atoms with E-state index >= 15 is 0 Å². The molecule has 1 fully saturated rings. The van der Waals surface area contributed by atoms with Crippen molar-refractivity contribution in [1.29, 1.82) is 0 Å². The van der Waals surface area contributed by atoms with E-state index in [9.17, 15) is 4.79 Å². The van der Waals surface area contributed by atoms with Gasteiger partial charge in [-0.3, -0.25) is 9.69 Å². The minimum absolute atomic E-state index is 0.0901. The summed E-state index contributed by atoms with van der Waals surface area (Å²) in [4.78, 5) is 25.5. The van der Waals surface area contributed by atoms with Crippen molar-refractivity contribution in [2.45, 2.75) is 31.8 Å². The van der Waals surface area contributed by atoms with Crippen molar-refractivity contribution < 1.29 is 4.79 Å². The van der Waals surface area contributed by atoms with E-state index in [2.05, 4.69) is 21.9 Å². The summed E-state index contributed by atoms with van der Waals surface area (Å²) in [5.74, 6) is 0.947. The minimum atomic E-state index is -0.0901. The number of carbonyl (C=O) groups excluding carboxylic acids is 1. The standard InChI is InChI=1S/C19H24N4O/c1-15(16-7-4-3-5-8-16)19(24)23-12-9-17(13-23)22(2)14-18-20-10-6-11-21-18/h3-8,10-11,15,17H,9,12-14H2,1-2H3/t15-,17-/m0/s1. The Kier molecular flexibility index (Phi) is 5.20. The molecule has 1 aromatic carbocycles. The number of hydrogen-bond donors (Lipinski definition) is 0. The van der Waals surface area contributed by atoms with Crippen molar-refractivity contribution in [3.63, 3.8) is 0 Å². The molecule has 1 aromatic heterocycles. The zero-order valence-corrected chi connectivity index (χ0v) is 14.3.